The zero-order valence-electron chi connectivity index (χ0n) is 34.7. The van der Waals surface area contributed by atoms with Gasteiger partial charge in [0.15, 0.2) is 0 Å². The monoisotopic (exact) mass is 657 g/mol. The predicted octanol–water partition coefficient (Wildman–Crippen LogP) is 14.0. The minimum atomic E-state index is 0.759. The Bertz CT molecular complexity index is 1140. The summed E-state index contributed by atoms with van der Waals surface area (Å²) in [5, 5.41) is 0. The van der Waals surface area contributed by atoms with Crippen molar-refractivity contribution in [1.29, 1.82) is 0 Å². The van der Waals surface area contributed by atoms with Gasteiger partial charge in [0.2, 0.25) is 0 Å². The van der Waals surface area contributed by atoms with E-state index in [1.807, 2.05) is 0 Å². The molecule has 0 aliphatic heterocycles. The molecule has 0 amide bonds. The molecule has 0 heteroatoms. The van der Waals surface area contributed by atoms with Crippen molar-refractivity contribution in [2.24, 2.45) is 118 Å². The van der Waals surface area contributed by atoms with Gasteiger partial charge in [-0.25, -0.2) is 0 Å². The van der Waals surface area contributed by atoms with Gasteiger partial charge in [-0.1, -0.05) is 130 Å². The van der Waals surface area contributed by atoms with Crippen LogP contribution in [0.3, 0.4) is 0 Å². The standard InChI is InChI=1S/C12H22.2C12H20.C12H18/c4*1-7-5-11-6-8(2)10(4)12(11)9(7)3/h7-12H,5-6H2,1-4H3;2*5,8-12H,6H2,1-4H3;5-6,9-12H,1-4H3. The first kappa shape index (κ1) is 38.2. The Hall–Kier alpha value is -1.04. The molecule has 4 saturated carbocycles. The molecule has 0 spiro atoms. The van der Waals surface area contributed by atoms with Crippen molar-refractivity contribution in [2.75, 3.05) is 0 Å². The van der Waals surface area contributed by atoms with E-state index in [4.69, 9.17) is 0 Å². The van der Waals surface area contributed by atoms with Crippen molar-refractivity contribution < 1.29 is 0 Å². The van der Waals surface area contributed by atoms with Crippen LogP contribution in [-0.2, 0) is 0 Å². The van der Waals surface area contributed by atoms with E-state index < -0.39 is 0 Å². The smallest absolute Gasteiger partial charge is 0.000860 e. The molecule has 0 radical (unpaired) electrons. The van der Waals surface area contributed by atoms with Crippen molar-refractivity contribution >= 4 is 0 Å². The van der Waals surface area contributed by atoms with Crippen molar-refractivity contribution in [3.63, 3.8) is 0 Å². The first-order valence-corrected chi connectivity index (χ1v) is 21.2. The van der Waals surface area contributed by atoms with Gasteiger partial charge in [-0.2, -0.15) is 0 Å². The molecule has 0 N–H and O–H groups in total. The second-order valence-corrected chi connectivity index (χ2v) is 20.1. The highest BCUT2D eigenvalue weighted by atomic mass is 14.5. The van der Waals surface area contributed by atoms with Crippen molar-refractivity contribution in [3.8, 4) is 0 Å². The van der Waals surface area contributed by atoms with Crippen molar-refractivity contribution in [3.05, 3.63) is 46.6 Å². The summed E-state index contributed by atoms with van der Waals surface area (Å²) in [5.74, 6) is 18.7. The summed E-state index contributed by atoms with van der Waals surface area (Å²) < 4.78 is 0. The molecule has 4 fully saturated rings. The van der Waals surface area contributed by atoms with E-state index in [2.05, 4.69) is 135 Å². The van der Waals surface area contributed by atoms with Crippen LogP contribution in [0.5, 0.6) is 0 Å². The van der Waals surface area contributed by atoms with Crippen LogP contribution in [0.25, 0.3) is 0 Å². The Kier molecular flexibility index (Phi) is 11.9. The number of fused-ring (bicyclic) bond motifs is 4. The highest BCUT2D eigenvalue weighted by Crippen LogP contribution is 2.56. The summed E-state index contributed by atoms with van der Waals surface area (Å²) in [7, 11) is 0. The maximum atomic E-state index is 2.54. The average molecular weight is 657 g/mol. The van der Waals surface area contributed by atoms with Crippen LogP contribution >= 0.6 is 0 Å². The van der Waals surface area contributed by atoms with Gasteiger partial charge in [0.25, 0.3) is 0 Å². The Morgan fingerprint density at radius 3 is 0.958 bits per heavy atom. The van der Waals surface area contributed by atoms with Gasteiger partial charge in [-0.05, 0) is 172 Å². The van der Waals surface area contributed by atoms with Gasteiger partial charge in [0.05, 0.1) is 0 Å². The zero-order valence-corrected chi connectivity index (χ0v) is 34.7. The molecule has 16 atom stereocenters. The molecule has 0 aromatic rings. The molecular weight excluding hydrogens is 577 g/mol. The van der Waals surface area contributed by atoms with E-state index in [1.165, 1.54) is 25.7 Å². The Morgan fingerprint density at radius 2 is 0.646 bits per heavy atom. The van der Waals surface area contributed by atoms with Gasteiger partial charge >= 0.3 is 0 Å². The maximum absolute atomic E-state index is 2.54. The molecule has 0 bridgehead atoms. The van der Waals surface area contributed by atoms with Gasteiger partial charge in [0, 0.05) is 0 Å². The fraction of sp³-hybridized carbons (Fsp3) is 0.833. The molecule has 272 valence electrons. The lowest BCUT2D eigenvalue weighted by Crippen LogP contribution is -2.17. The van der Waals surface area contributed by atoms with Gasteiger partial charge in [0.1, 0.15) is 0 Å². The Balaban J connectivity index is 0.000000125. The van der Waals surface area contributed by atoms with E-state index >= 15 is 0 Å². The lowest BCUT2D eigenvalue weighted by molar-refractivity contribution is 0.252. The third-order valence-electron chi connectivity index (χ3n) is 17.7. The summed E-state index contributed by atoms with van der Waals surface area (Å²) in [6.45, 7) is 38.3. The molecular formula is C48H80. The molecule has 16 unspecified atom stereocenters. The van der Waals surface area contributed by atoms with Gasteiger partial charge in [-0.3, -0.25) is 0 Å². The minimum absolute atomic E-state index is 0.759. The van der Waals surface area contributed by atoms with E-state index in [0.29, 0.717) is 0 Å². The number of hydrogen-bond donors (Lipinski definition) is 0. The van der Waals surface area contributed by atoms with Crippen molar-refractivity contribution in [1.82, 2.24) is 0 Å². The van der Waals surface area contributed by atoms with E-state index in [0.717, 1.165) is 118 Å². The largest absolute Gasteiger partial charge is 0.0819 e. The highest BCUT2D eigenvalue weighted by molar-refractivity contribution is 5.29. The lowest BCUT2D eigenvalue weighted by Gasteiger charge is -2.23. The lowest BCUT2D eigenvalue weighted by atomic mass is 9.82. The fourth-order valence-electron chi connectivity index (χ4n) is 13.5. The average Bonchev–Trinajstić information content (AvgIpc) is 3.87. The molecule has 0 aromatic heterocycles. The quantitative estimate of drug-likeness (QED) is 0.228. The first-order valence-electron chi connectivity index (χ1n) is 21.2. The summed E-state index contributed by atoms with van der Waals surface area (Å²) >= 11 is 0. The van der Waals surface area contributed by atoms with Crippen LogP contribution in [0.15, 0.2) is 46.6 Å². The molecule has 8 aliphatic carbocycles. The van der Waals surface area contributed by atoms with Crippen molar-refractivity contribution in [2.45, 2.75) is 136 Å². The van der Waals surface area contributed by atoms with Crippen LogP contribution in [0.1, 0.15) is 136 Å². The van der Waals surface area contributed by atoms with Crippen LogP contribution in [0, 0.1) is 118 Å². The predicted molar refractivity (Wildman–Crippen MR) is 211 cm³/mol. The molecule has 8 rings (SSSR count). The Labute approximate surface area is 300 Å². The molecule has 0 heterocycles. The van der Waals surface area contributed by atoms with Crippen LogP contribution in [0.2, 0.25) is 0 Å². The normalized spacial score (nSPS) is 52.3. The van der Waals surface area contributed by atoms with Crippen LogP contribution in [-0.4, -0.2) is 0 Å². The zero-order chi connectivity index (χ0) is 35.5. The van der Waals surface area contributed by atoms with E-state index in [1.54, 1.807) is 22.3 Å². The highest BCUT2D eigenvalue weighted by Gasteiger charge is 2.48. The molecule has 8 aliphatic rings. The number of allylic oxidation sites excluding steroid dienone is 8. The number of hydrogen-bond acceptors (Lipinski definition) is 0. The topological polar surface area (TPSA) is 0 Å². The van der Waals surface area contributed by atoms with Gasteiger partial charge in [-0.15, -0.1) is 0 Å². The summed E-state index contributed by atoms with van der Waals surface area (Å²) in [5.41, 5.74) is 6.48. The third kappa shape index (κ3) is 7.06. The molecule has 0 nitrogen and oxygen atoms in total. The molecule has 48 heavy (non-hydrogen) atoms. The number of rotatable bonds is 0. The molecule has 0 saturated heterocycles. The summed E-state index contributed by atoms with van der Waals surface area (Å²) in [6.07, 6.45) is 15.9. The van der Waals surface area contributed by atoms with Crippen LogP contribution in [0.4, 0.5) is 0 Å². The fourth-order valence-corrected chi connectivity index (χ4v) is 13.5. The summed E-state index contributed by atoms with van der Waals surface area (Å²) in [6, 6.07) is 0. The van der Waals surface area contributed by atoms with E-state index in [-0.39, 0.29) is 0 Å². The van der Waals surface area contributed by atoms with Gasteiger partial charge < -0.3 is 0 Å². The third-order valence-corrected chi connectivity index (χ3v) is 17.7. The second kappa shape index (κ2) is 14.9. The molecule has 0 aromatic carbocycles. The minimum Gasteiger partial charge on any atom is -0.0819 e. The van der Waals surface area contributed by atoms with Crippen LogP contribution < -0.4 is 0 Å². The summed E-state index contributed by atoms with van der Waals surface area (Å²) in [4.78, 5) is 0. The van der Waals surface area contributed by atoms with E-state index in [9.17, 15) is 0 Å². The SMILES string of the molecule is CC1=CC2C=C(C)C(C)C2C1C.CC1=CC2CC(C)C(C)C2C1C.CC1=CC2CC(C)C(C)C2C1C.CC1CC2CC(C)C(C)C2C1C. The first-order chi connectivity index (χ1) is 22.4. The second-order valence-electron chi connectivity index (χ2n) is 20.1. The maximum Gasteiger partial charge on any atom is -0.000860 e. The Morgan fingerprint density at radius 1 is 0.354 bits per heavy atom.